The topological polar surface area (TPSA) is 96.0 Å². The van der Waals surface area contributed by atoms with Crippen LogP contribution in [0.3, 0.4) is 0 Å². The first-order valence-electron chi connectivity index (χ1n) is 14.1. The average molecular weight is 614 g/mol. The lowest BCUT2D eigenvalue weighted by Crippen LogP contribution is -2.52. The molecule has 0 aliphatic rings. The summed E-state index contributed by atoms with van der Waals surface area (Å²) in [5.41, 5.74) is 2.18. The van der Waals surface area contributed by atoms with Gasteiger partial charge in [0.1, 0.15) is 18.3 Å². The molecular weight excluding hydrogens is 574 g/mol. The predicted molar refractivity (Wildman–Crippen MR) is 167 cm³/mol. The van der Waals surface area contributed by atoms with E-state index < -0.39 is 28.5 Å². The number of carbonyl (C=O) groups excluding carboxylic acids is 2. The Bertz CT molecular complexity index is 1430. The van der Waals surface area contributed by atoms with Crippen molar-refractivity contribution in [3.63, 3.8) is 0 Å². The van der Waals surface area contributed by atoms with Crippen molar-refractivity contribution in [1.29, 1.82) is 0 Å². The zero-order chi connectivity index (χ0) is 30.9. The Kier molecular flexibility index (Phi) is 11.8. The lowest BCUT2D eigenvalue weighted by atomic mass is 10.1. The molecular formula is C32H40ClN3O5S. The van der Waals surface area contributed by atoms with Gasteiger partial charge in [0.25, 0.3) is 10.0 Å². The summed E-state index contributed by atoms with van der Waals surface area (Å²) >= 11 is 6.02. The van der Waals surface area contributed by atoms with E-state index in [2.05, 4.69) is 5.32 Å². The molecule has 0 bridgehead atoms. The van der Waals surface area contributed by atoms with Gasteiger partial charge in [-0.05, 0) is 80.3 Å². The third-order valence-corrected chi connectivity index (χ3v) is 8.70. The molecule has 0 saturated heterocycles. The van der Waals surface area contributed by atoms with Crippen LogP contribution in [0, 0.1) is 12.8 Å². The lowest BCUT2D eigenvalue weighted by Gasteiger charge is -2.33. The fraction of sp³-hybridized carbons (Fsp3) is 0.375. The highest BCUT2D eigenvalue weighted by molar-refractivity contribution is 7.92. The zero-order valence-electron chi connectivity index (χ0n) is 24.8. The largest absolute Gasteiger partial charge is 0.494 e. The van der Waals surface area contributed by atoms with Gasteiger partial charge in [0.2, 0.25) is 11.8 Å². The first kappa shape index (κ1) is 32.9. The summed E-state index contributed by atoms with van der Waals surface area (Å²) < 4.78 is 34.5. The summed E-state index contributed by atoms with van der Waals surface area (Å²) in [5.74, 6) is 0.0195. The number of amides is 2. The number of nitrogens with one attached hydrogen (secondary N) is 1. The van der Waals surface area contributed by atoms with Crippen LogP contribution in [0.2, 0.25) is 5.02 Å². The van der Waals surface area contributed by atoms with E-state index in [1.54, 1.807) is 24.3 Å². The van der Waals surface area contributed by atoms with E-state index >= 15 is 0 Å². The van der Waals surface area contributed by atoms with Gasteiger partial charge >= 0.3 is 0 Å². The minimum Gasteiger partial charge on any atom is -0.494 e. The molecule has 0 radical (unpaired) electrons. The maximum atomic E-state index is 14.1. The van der Waals surface area contributed by atoms with Crippen LogP contribution in [-0.2, 0) is 26.2 Å². The van der Waals surface area contributed by atoms with Gasteiger partial charge in [-0.3, -0.25) is 13.9 Å². The molecule has 0 aliphatic carbocycles. The van der Waals surface area contributed by atoms with Gasteiger partial charge in [-0.15, -0.1) is 0 Å². The standard InChI is InChI=1S/C32H40ClN3O5S/c1-6-30(32(38)34-20-23(3)4)35(21-25-10-8-24(5)9-11-25)31(37)22-36(27-14-16-28(17-15-27)41-7-2)42(39,40)29-18-12-26(33)13-19-29/h8-19,23,30H,6-7,20-22H2,1-5H3,(H,34,38)/t30-/m0/s1. The van der Waals surface area contributed by atoms with Crippen molar-refractivity contribution in [2.24, 2.45) is 5.92 Å². The number of benzene rings is 3. The molecule has 0 aromatic heterocycles. The maximum absolute atomic E-state index is 14.1. The van der Waals surface area contributed by atoms with Gasteiger partial charge in [0, 0.05) is 18.1 Å². The molecule has 2 amide bonds. The van der Waals surface area contributed by atoms with Gasteiger partial charge in [0.05, 0.1) is 17.2 Å². The Labute approximate surface area is 254 Å². The smallest absolute Gasteiger partial charge is 0.264 e. The second-order valence-electron chi connectivity index (χ2n) is 10.5. The minimum absolute atomic E-state index is 0.0135. The number of hydrogen-bond donors (Lipinski definition) is 1. The molecule has 0 aliphatic heterocycles. The number of ether oxygens (including phenoxy) is 1. The fourth-order valence-electron chi connectivity index (χ4n) is 4.37. The molecule has 0 fully saturated rings. The predicted octanol–water partition coefficient (Wildman–Crippen LogP) is 5.82. The number of rotatable bonds is 14. The highest BCUT2D eigenvalue weighted by Gasteiger charge is 2.33. The van der Waals surface area contributed by atoms with Crippen molar-refractivity contribution >= 4 is 39.1 Å². The molecule has 3 aromatic rings. The quantitative estimate of drug-likeness (QED) is 0.247. The van der Waals surface area contributed by atoms with Gasteiger partial charge < -0.3 is 15.0 Å². The number of halogens is 1. The summed E-state index contributed by atoms with van der Waals surface area (Å²) in [6.07, 6.45) is 0.356. The van der Waals surface area contributed by atoms with E-state index in [0.717, 1.165) is 15.4 Å². The molecule has 0 saturated carbocycles. The van der Waals surface area contributed by atoms with Crippen LogP contribution in [-0.4, -0.2) is 50.9 Å². The molecule has 0 heterocycles. The first-order chi connectivity index (χ1) is 20.0. The van der Waals surface area contributed by atoms with Gasteiger partial charge in [-0.25, -0.2) is 8.42 Å². The Hall–Kier alpha value is -3.56. The number of anilines is 1. The highest BCUT2D eigenvalue weighted by atomic mass is 35.5. The Morgan fingerprint density at radius 2 is 1.55 bits per heavy atom. The number of hydrogen-bond acceptors (Lipinski definition) is 5. The van der Waals surface area contributed by atoms with Crippen LogP contribution in [0.4, 0.5) is 5.69 Å². The summed E-state index contributed by atoms with van der Waals surface area (Å²) in [6, 6.07) is 19.2. The third kappa shape index (κ3) is 8.72. The molecule has 1 atom stereocenters. The summed E-state index contributed by atoms with van der Waals surface area (Å²) in [6.45, 7) is 10.2. The van der Waals surface area contributed by atoms with Crippen LogP contribution in [0.25, 0.3) is 0 Å². The van der Waals surface area contributed by atoms with E-state index in [1.165, 1.54) is 29.2 Å². The third-order valence-electron chi connectivity index (χ3n) is 6.66. The molecule has 226 valence electrons. The molecule has 3 aromatic carbocycles. The van der Waals surface area contributed by atoms with E-state index in [1.807, 2.05) is 58.9 Å². The van der Waals surface area contributed by atoms with Crippen molar-refractivity contribution in [3.8, 4) is 5.75 Å². The van der Waals surface area contributed by atoms with Crippen molar-refractivity contribution in [2.75, 3.05) is 24.0 Å². The van der Waals surface area contributed by atoms with E-state index in [-0.39, 0.29) is 29.0 Å². The van der Waals surface area contributed by atoms with E-state index in [4.69, 9.17) is 16.3 Å². The second kappa shape index (κ2) is 15.1. The molecule has 0 unspecified atom stereocenters. The van der Waals surface area contributed by atoms with E-state index in [9.17, 15) is 18.0 Å². The number of sulfonamides is 1. The lowest BCUT2D eigenvalue weighted by molar-refractivity contribution is -0.140. The van der Waals surface area contributed by atoms with Gasteiger partial charge in [0.15, 0.2) is 0 Å². The highest BCUT2D eigenvalue weighted by Crippen LogP contribution is 2.27. The van der Waals surface area contributed by atoms with Crippen molar-refractivity contribution < 1.29 is 22.7 Å². The average Bonchev–Trinajstić information content (AvgIpc) is 2.96. The Morgan fingerprint density at radius 1 is 0.929 bits per heavy atom. The summed E-state index contributed by atoms with van der Waals surface area (Å²) in [5, 5.41) is 3.33. The number of aryl methyl sites for hydroxylation is 1. The molecule has 10 heteroatoms. The maximum Gasteiger partial charge on any atom is 0.264 e. The molecule has 3 rings (SSSR count). The minimum atomic E-state index is -4.19. The normalized spacial score (nSPS) is 12.1. The molecule has 42 heavy (non-hydrogen) atoms. The Balaban J connectivity index is 2.04. The first-order valence-corrected chi connectivity index (χ1v) is 15.9. The van der Waals surface area contributed by atoms with Crippen molar-refractivity contribution in [2.45, 2.75) is 58.5 Å². The molecule has 0 spiro atoms. The molecule has 1 N–H and O–H groups in total. The SMILES string of the molecule is CCOc1ccc(N(CC(=O)N(Cc2ccc(C)cc2)[C@@H](CC)C(=O)NCC(C)C)S(=O)(=O)c2ccc(Cl)cc2)cc1. The summed E-state index contributed by atoms with van der Waals surface area (Å²) in [7, 11) is -4.19. The van der Waals surface area contributed by atoms with Gasteiger partial charge in [-0.2, -0.15) is 0 Å². The zero-order valence-corrected chi connectivity index (χ0v) is 26.4. The van der Waals surface area contributed by atoms with Gasteiger partial charge in [-0.1, -0.05) is 62.2 Å². The molecule has 8 nitrogen and oxygen atoms in total. The van der Waals surface area contributed by atoms with Crippen molar-refractivity contribution in [1.82, 2.24) is 10.2 Å². The van der Waals surface area contributed by atoms with Crippen LogP contribution >= 0.6 is 11.6 Å². The number of nitrogens with zero attached hydrogens (tertiary/aromatic N) is 2. The van der Waals surface area contributed by atoms with Crippen LogP contribution in [0.5, 0.6) is 5.75 Å². The summed E-state index contributed by atoms with van der Waals surface area (Å²) in [4.78, 5) is 28.9. The second-order valence-corrected chi connectivity index (χ2v) is 12.8. The number of carbonyl (C=O) groups is 2. The van der Waals surface area contributed by atoms with Crippen molar-refractivity contribution in [3.05, 3.63) is 88.9 Å². The van der Waals surface area contributed by atoms with E-state index in [0.29, 0.717) is 30.3 Å². The monoisotopic (exact) mass is 613 g/mol. The van der Waals surface area contributed by atoms with Crippen LogP contribution in [0.1, 0.15) is 45.2 Å². The Morgan fingerprint density at radius 3 is 2.10 bits per heavy atom. The fourth-order valence-corrected chi connectivity index (χ4v) is 5.91. The van der Waals surface area contributed by atoms with Crippen LogP contribution in [0.15, 0.2) is 77.7 Å². The van der Waals surface area contributed by atoms with Crippen LogP contribution < -0.4 is 14.4 Å².